The smallest absolute Gasteiger partial charge is 0.358 e. The van der Waals surface area contributed by atoms with Gasteiger partial charge in [-0.25, -0.2) is 18.3 Å². The molecule has 106 valence electrons. The molecule has 2 rings (SSSR count). The van der Waals surface area contributed by atoms with Crippen LogP contribution < -0.4 is 4.74 Å². The molecule has 0 atom stereocenters. The Hall–Kier alpha value is -2.51. The Morgan fingerprint density at radius 3 is 2.55 bits per heavy atom. The Kier molecular flexibility index (Phi) is 3.92. The fourth-order valence-corrected chi connectivity index (χ4v) is 1.71. The molecule has 0 aliphatic heterocycles. The van der Waals surface area contributed by atoms with Crippen LogP contribution in [0, 0.1) is 0 Å². The lowest BCUT2D eigenvalue weighted by Crippen LogP contribution is -2.09. The Labute approximate surface area is 112 Å². The first kappa shape index (κ1) is 13.9. The van der Waals surface area contributed by atoms with E-state index < -0.39 is 23.8 Å². The fraction of sp³-hybridized carbons (Fsp3) is 0.250. The van der Waals surface area contributed by atoms with Gasteiger partial charge in [0.2, 0.25) is 0 Å². The van der Waals surface area contributed by atoms with Crippen molar-refractivity contribution < 1.29 is 23.4 Å². The first-order valence-corrected chi connectivity index (χ1v) is 5.60. The summed E-state index contributed by atoms with van der Waals surface area (Å²) < 4.78 is 31.7. The van der Waals surface area contributed by atoms with E-state index in [0.717, 1.165) is 4.68 Å². The van der Waals surface area contributed by atoms with E-state index in [2.05, 4.69) is 10.3 Å². The van der Waals surface area contributed by atoms with Crippen molar-refractivity contribution in [2.24, 2.45) is 0 Å². The highest BCUT2D eigenvalue weighted by molar-refractivity contribution is 5.86. The number of carboxylic acids is 1. The molecule has 0 amide bonds. The highest BCUT2D eigenvalue weighted by Gasteiger charge is 2.26. The summed E-state index contributed by atoms with van der Waals surface area (Å²) in [6, 6.07) is 6.70. The van der Waals surface area contributed by atoms with E-state index in [1.807, 2.05) is 0 Å². The maximum Gasteiger partial charge on any atom is 0.358 e. The van der Waals surface area contributed by atoms with Crippen molar-refractivity contribution in [2.45, 2.75) is 13.0 Å². The van der Waals surface area contributed by atoms with Gasteiger partial charge in [-0.2, -0.15) is 0 Å². The van der Waals surface area contributed by atoms with Crippen molar-refractivity contribution in [3.63, 3.8) is 0 Å². The number of alkyl halides is 2. The zero-order valence-corrected chi connectivity index (χ0v) is 10.5. The molecule has 8 heteroatoms. The van der Waals surface area contributed by atoms with E-state index in [-0.39, 0.29) is 6.54 Å². The molecule has 0 aliphatic carbocycles. The second-order valence-corrected chi connectivity index (χ2v) is 3.93. The molecule has 1 aromatic carbocycles. The SMILES string of the molecule is COc1ccc(Cn2nnc(C(=O)O)c2C(F)F)cc1. The van der Waals surface area contributed by atoms with Gasteiger partial charge in [0.15, 0.2) is 5.69 Å². The third-order valence-corrected chi connectivity index (χ3v) is 2.67. The molecule has 20 heavy (non-hydrogen) atoms. The van der Waals surface area contributed by atoms with Crippen LogP contribution in [0.25, 0.3) is 0 Å². The molecule has 6 nitrogen and oxygen atoms in total. The molecule has 0 spiro atoms. The lowest BCUT2D eigenvalue weighted by Gasteiger charge is -2.07. The van der Waals surface area contributed by atoms with E-state index >= 15 is 0 Å². The van der Waals surface area contributed by atoms with E-state index in [4.69, 9.17) is 9.84 Å². The number of aromatic carboxylic acids is 1. The number of hydrogen-bond donors (Lipinski definition) is 1. The first-order valence-electron chi connectivity index (χ1n) is 5.60. The highest BCUT2D eigenvalue weighted by atomic mass is 19.3. The van der Waals surface area contributed by atoms with Gasteiger partial charge >= 0.3 is 5.97 Å². The van der Waals surface area contributed by atoms with Crippen LogP contribution in [0.5, 0.6) is 5.75 Å². The third kappa shape index (κ3) is 2.73. The molecule has 1 heterocycles. The summed E-state index contributed by atoms with van der Waals surface area (Å²) >= 11 is 0. The second-order valence-electron chi connectivity index (χ2n) is 3.93. The van der Waals surface area contributed by atoms with Crippen molar-refractivity contribution in [1.29, 1.82) is 0 Å². The van der Waals surface area contributed by atoms with Crippen molar-refractivity contribution in [2.75, 3.05) is 7.11 Å². The minimum Gasteiger partial charge on any atom is -0.497 e. The Bertz CT molecular complexity index is 611. The average Bonchev–Trinajstić information content (AvgIpc) is 2.83. The summed E-state index contributed by atoms with van der Waals surface area (Å²) in [5.41, 5.74) is -0.753. The van der Waals surface area contributed by atoms with Gasteiger partial charge in [0.05, 0.1) is 13.7 Å². The zero-order valence-electron chi connectivity index (χ0n) is 10.5. The number of carbonyl (C=O) groups is 1. The maximum absolute atomic E-state index is 12.9. The van der Waals surface area contributed by atoms with Gasteiger partial charge in [-0.05, 0) is 17.7 Å². The van der Waals surface area contributed by atoms with Gasteiger partial charge in [0.25, 0.3) is 6.43 Å². The second kappa shape index (κ2) is 5.64. The number of rotatable bonds is 5. The Balaban J connectivity index is 2.30. The number of hydrogen-bond acceptors (Lipinski definition) is 4. The number of nitrogens with zero attached hydrogens (tertiary/aromatic N) is 3. The van der Waals surface area contributed by atoms with Crippen LogP contribution in [-0.2, 0) is 6.54 Å². The van der Waals surface area contributed by atoms with Crippen molar-refractivity contribution in [3.05, 3.63) is 41.2 Å². The minimum absolute atomic E-state index is 0.00392. The molecule has 0 bridgehead atoms. The fourth-order valence-electron chi connectivity index (χ4n) is 1.71. The number of methoxy groups -OCH3 is 1. The van der Waals surface area contributed by atoms with Crippen LogP contribution in [0.2, 0.25) is 0 Å². The topological polar surface area (TPSA) is 77.2 Å². The van der Waals surface area contributed by atoms with Gasteiger partial charge in [-0.15, -0.1) is 5.10 Å². The van der Waals surface area contributed by atoms with Crippen LogP contribution in [-0.4, -0.2) is 33.2 Å². The molecule has 0 unspecified atom stereocenters. The molecule has 1 aromatic heterocycles. The Morgan fingerprint density at radius 1 is 1.40 bits per heavy atom. The van der Waals surface area contributed by atoms with Gasteiger partial charge < -0.3 is 9.84 Å². The lowest BCUT2D eigenvalue weighted by molar-refractivity contribution is 0.0675. The zero-order chi connectivity index (χ0) is 14.7. The van der Waals surface area contributed by atoms with Gasteiger partial charge in [0.1, 0.15) is 11.4 Å². The molecule has 0 saturated carbocycles. The summed E-state index contributed by atoms with van der Waals surface area (Å²) in [7, 11) is 1.51. The number of benzene rings is 1. The monoisotopic (exact) mass is 283 g/mol. The van der Waals surface area contributed by atoms with Gasteiger partial charge in [0, 0.05) is 0 Å². The molecule has 1 N–H and O–H groups in total. The van der Waals surface area contributed by atoms with Gasteiger partial charge in [-0.3, -0.25) is 0 Å². The van der Waals surface area contributed by atoms with Crippen LogP contribution in [0.15, 0.2) is 24.3 Å². The number of carboxylic acid groups (broad SMARTS) is 1. The van der Waals surface area contributed by atoms with Crippen molar-refractivity contribution in [1.82, 2.24) is 15.0 Å². The highest BCUT2D eigenvalue weighted by Crippen LogP contribution is 2.22. The number of halogens is 2. The minimum atomic E-state index is -2.96. The van der Waals surface area contributed by atoms with E-state index in [0.29, 0.717) is 11.3 Å². The predicted octanol–water partition coefficient (Wildman–Crippen LogP) is 1.97. The lowest BCUT2D eigenvalue weighted by atomic mass is 10.2. The molecular weight excluding hydrogens is 272 g/mol. The van der Waals surface area contributed by atoms with Crippen molar-refractivity contribution >= 4 is 5.97 Å². The number of ether oxygens (including phenoxy) is 1. The average molecular weight is 283 g/mol. The molecule has 2 aromatic rings. The van der Waals surface area contributed by atoms with E-state index in [9.17, 15) is 13.6 Å². The summed E-state index contributed by atoms with van der Waals surface area (Å²) in [4.78, 5) is 10.8. The molecular formula is C12H11F2N3O3. The normalized spacial score (nSPS) is 10.8. The maximum atomic E-state index is 12.9. The molecule has 0 radical (unpaired) electrons. The van der Waals surface area contributed by atoms with E-state index in [1.165, 1.54) is 7.11 Å². The summed E-state index contributed by atoms with van der Waals surface area (Å²) in [6.45, 7) is 0.00392. The van der Waals surface area contributed by atoms with Gasteiger partial charge in [-0.1, -0.05) is 17.3 Å². The quantitative estimate of drug-likeness (QED) is 0.907. The number of aromatic nitrogens is 3. The molecule has 0 saturated heterocycles. The van der Waals surface area contributed by atoms with Crippen molar-refractivity contribution in [3.8, 4) is 5.75 Å². The van der Waals surface area contributed by atoms with Crippen LogP contribution in [0.1, 0.15) is 28.2 Å². The third-order valence-electron chi connectivity index (χ3n) is 2.67. The summed E-state index contributed by atoms with van der Waals surface area (Å²) in [5.74, 6) is -0.895. The summed E-state index contributed by atoms with van der Waals surface area (Å²) in [5, 5.41) is 15.5. The van der Waals surface area contributed by atoms with E-state index in [1.54, 1.807) is 24.3 Å². The molecule has 0 fully saturated rings. The van der Waals surface area contributed by atoms with Crippen LogP contribution in [0.3, 0.4) is 0 Å². The standard InChI is InChI=1S/C12H11F2N3O3/c1-20-8-4-2-7(3-5-8)6-17-10(11(13)14)9(12(18)19)15-16-17/h2-5,11H,6H2,1H3,(H,18,19). The largest absolute Gasteiger partial charge is 0.497 e. The van der Waals surface area contributed by atoms with Crippen LogP contribution in [0.4, 0.5) is 8.78 Å². The van der Waals surface area contributed by atoms with Crippen LogP contribution >= 0.6 is 0 Å². The predicted molar refractivity (Wildman–Crippen MR) is 64.0 cm³/mol. The first-order chi connectivity index (χ1) is 9.52. The summed E-state index contributed by atoms with van der Waals surface area (Å²) in [6.07, 6.45) is -2.96. The molecule has 0 aliphatic rings. The Morgan fingerprint density at radius 2 is 2.05 bits per heavy atom.